The molecule has 0 radical (unpaired) electrons. The normalized spacial score (nSPS) is 25.3. The summed E-state index contributed by atoms with van der Waals surface area (Å²) in [5, 5.41) is 0. The van der Waals surface area contributed by atoms with Gasteiger partial charge in [0.1, 0.15) is 0 Å². The van der Waals surface area contributed by atoms with E-state index >= 15 is 0 Å². The Bertz CT molecular complexity index is 414. The molecule has 0 bridgehead atoms. The van der Waals surface area contributed by atoms with Crippen LogP contribution >= 0.6 is 0 Å². The molecular weight excluding hydrogens is 347 g/mol. The molecule has 0 aromatic heterocycles. The molecule has 1 heteroatoms. The van der Waals surface area contributed by atoms with Crippen molar-refractivity contribution >= 4 is 0 Å². The minimum absolute atomic E-state index is 0. The van der Waals surface area contributed by atoms with E-state index in [0.29, 0.717) is 0 Å². The van der Waals surface area contributed by atoms with Gasteiger partial charge in [0.2, 0.25) is 0 Å². The zero-order valence-electron chi connectivity index (χ0n) is 12.0. The molecule has 0 nitrogen and oxygen atoms in total. The predicted molar refractivity (Wildman–Crippen MR) is 64.3 cm³/mol. The first kappa shape index (κ1) is 11.3. The van der Waals surface area contributed by atoms with E-state index in [4.69, 9.17) is 0 Å². The van der Waals surface area contributed by atoms with E-state index in [2.05, 4.69) is 45.9 Å². The summed E-state index contributed by atoms with van der Waals surface area (Å²) in [7, 11) is 0. The molecule has 2 aliphatic rings. The second-order valence-electron chi connectivity index (χ2n) is 4.52. The number of allylic oxidation sites excluding steroid dienone is 8. The Morgan fingerprint density at radius 2 is 2.00 bits per heavy atom. The van der Waals surface area contributed by atoms with E-state index in [0.717, 1.165) is 5.92 Å². The van der Waals surface area contributed by atoms with Gasteiger partial charge in [-0.1, -0.05) is 0 Å². The molecule has 15 heavy (non-hydrogen) atoms. The summed E-state index contributed by atoms with van der Waals surface area (Å²) in [6.45, 7) is 9.31. The van der Waals surface area contributed by atoms with E-state index in [1.807, 2.05) is 3.33 Å². The van der Waals surface area contributed by atoms with Crippen molar-refractivity contribution in [1.29, 1.82) is 0 Å². The Hall–Kier alpha value is -0.170. The van der Waals surface area contributed by atoms with Crippen LogP contribution in [0, 0.1) is 5.92 Å². The van der Waals surface area contributed by atoms with E-state index in [1.54, 1.807) is 20.0 Å². The van der Waals surface area contributed by atoms with Crippen molar-refractivity contribution in [3.05, 3.63) is 41.6 Å². The van der Waals surface area contributed by atoms with E-state index in [1.165, 1.54) is 6.42 Å². The molecule has 0 aliphatic heterocycles. The summed E-state index contributed by atoms with van der Waals surface area (Å²) in [4.78, 5) is 0. The van der Waals surface area contributed by atoms with Crippen LogP contribution in [0.5, 0.6) is 0 Å². The van der Waals surface area contributed by atoms with Gasteiger partial charge in [-0.2, -0.15) is 0 Å². The molecule has 0 heterocycles. The number of hydrogen-bond donors (Lipinski definition) is 0. The molecule has 0 aromatic carbocycles. The zero-order chi connectivity index (χ0) is 11.0. The summed E-state index contributed by atoms with van der Waals surface area (Å²) >= 11 is -0.691. The number of rotatable bonds is 2. The minimum Gasteiger partial charge on any atom is -1.00 e. The molecule has 2 rings (SSSR count). The average molecular weight is 367 g/mol. The number of hydrogen-bond acceptors (Lipinski definition) is 0. The topological polar surface area (TPSA) is 0 Å². The van der Waals surface area contributed by atoms with Crippen LogP contribution in [0.2, 0.25) is 0 Å². The van der Waals surface area contributed by atoms with Gasteiger partial charge in [-0.25, -0.2) is 0 Å². The maximum atomic E-state index is 2.39. The van der Waals surface area contributed by atoms with Crippen molar-refractivity contribution in [2.75, 3.05) is 0 Å². The second-order valence-corrected chi connectivity index (χ2v) is 9.66. The van der Waals surface area contributed by atoms with Gasteiger partial charge in [0.15, 0.2) is 0 Å². The Labute approximate surface area is 107 Å². The van der Waals surface area contributed by atoms with Gasteiger partial charge in [-0.15, -0.1) is 0 Å². The van der Waals surface area contributed by atoms with Crippen LogP contribution in [-0.4, -0.2) is 0 Å². The molecule has 82 valence electrons. The van der Waals surface area contributed by atoms with Gasteiger partial charge in [0, 0.05) is 0 Å². The first-order valence-corrected chi connectivity index (χ1v) is 9.21. The van der Waals surface area contributed by atoms with E-state index < -0.39 is 22.9 Å². The summed E-state index contributed by atoms with van der Waals surface area (Å²) in [5.74, 6) is 0.745. The molecule has 0 saturated heterocycles. The smallest absolute Gasteiger partial charge is 1.00 e. The SMILES string of the molecule is CC1=C(C)C(C)[C]([Hf][C]2=CC=CC2)=C1C.[H-].[H-]. The van der Waals surface area contributed by atoms with Gasteiger partial charge >= 0.3 is 105 Å². The molecular formula is C14H20Hf-2. The van der Waals surface area contributed by atoms with Crippen LogP contribution in [0.4, 0.5) is 0 Å². The third-order valence-electron chi connectivity index (χ3n) is 3.71. The maximum absolute atomic E-state index is 2.39. The van der Waals surface area contributed by atoms with Crippen molar-refractivity contribution in [2.45, 2.75) is 34.1 Å². The third kappa shape index (κ3) is 2.04. The average Bonchev–Trinajstić information content (AvgIpc) is 2.79. The van der Waals surface area contributed by atoms with Crippen LogP contribution in [0.3, 0.4) is 0 Å². The standard InChI is InChI=1S/C9H13.C5H5.Hf.2H/c1-6-5-7(2)9(4)8(6)3;1-2-4-5-3-1;;;/h6H,1-4H3;1-3H,4H2;;;/q;;;2*-1. The first-order chi connectivity index (χ1) is 7.11. The fourth-order valence-electron chi connectivity index (χ4n) is 2.28. The fourth-order valence-corrected chi connectivity index (χ4v) is 7.86. The zero-order valence-corrected chi connectivity index (χ0v) is 13.6. The molecule has 1 atom stereocenters. The molecule has 0 aromatic rings. The van der Waals surface area contributed by atoms with Gasteiger partial charge in [-0.3, -0.25) is 0 Å². The molecule has 2 aliphatic carbocycles. The Kier molecular flexibility index (Phi) is 3.30. The quantitative estimate of drug-likeness (QED) is 0.635. The van der Waals surface area contributed by atoms with Crippen LogP contribution in [0.15, 0.2) is 41.6 Å². The van der Waals surface area contributed by atoms with Crippen molar-refractivity contribution in [3.63, 3.8) is 0 Å². The Balaban J connectivity index is 0.00000128. The van der Waals surface area contributed by atoms with Gasteiger partial charge in [-0.05, 0) is 0 Å². The van der Waals surface area contributed by atoms with Gasteiger partial charge in [0.05, 0.1) is 0 Å². The summed E-state index contributed by atoms with van der Waals surface area (Å²) in [5.41, 5.74) is 4.80. The third-order valence-corrected chi connectivity index (χ3v) is 10.1. The minimum atomic E-state index is -0.691. The summed E-state index contributed by atoms with van der Waals surface area (Å²) in [6.07, 6.45) is 8.12. The van der Waals surface area contributed by atoms with Gasteiger partial charge < -0.3 is 2.85 Å². The first-order valence-electron chi connectivity index (χ1n) is 5.62. The largest absolute Gasteiger partial charge is 1.00 e. The summed E-state index contributed by atoms with van der Waals surface area (Å²) in [6, 6.07) is 0. The molecule has 0 N–H and O–H groups in total. The van der Waals surface area contributed by atoms with Crippen molar-refractivity contribution < 1.29 is 25.8 Å². The molecule has 0 fully saturated rings. The van der Waals surface area contributed by atoms with Crippen LogP contribution in [-0.2, 0) is 22.9 Å². The predicted octanol–water partition coefficient (Wildman–Crippen LogP) is 4.40. The van der Waals surface area contributed by atoms with E-state index in [9.17, 15) is 0 Å². The van der Waals surface area contributed by atoms with Crippen LogP contribution < -0.4 is 0 Å². The van der Waals surface area contributed by atoms with Crippen LogP contribution in [0.1, 0.15) is 37.0 Å². The molecule has 0 saturated carbocycles. The Morgan fingerprint density at radius 3 is 2.47 bits per heavy atom. The van der Waals surface area contributed by atoms with Crippen molar-refractivity contribution in [2.24, 2.45) is 5.92 Å². The Morgan fingerprint density at radius 1 is 1.27 bits per heavy atom. The van der Waals surface area contributed by atoms with E-state index in [-0.39, 0.29) is 2.85 Å². The fraction of sp³-hybridized carbons (Fsp3) is 0.429. The molecule has 0 spiro atoms. The van der Waals surface area contributed by atoms with Crippen molar-refractivity contribution in [3.8, 4) is 0 Å². The monoisotopic (exact) mass is 368 g/mol. The van der Waals surface area contributed by atoms with Crippen molar-refractivity contribution in [1.82, 2.24) is 0 Å². The molecule has 1 unspecified atom stereocenters. The maximum Gasteiger partial charge on any atom is -1.00 e. The summed E-state index contributed by atoms with van der Waals surface area (Å²) < 4.78 is 3.60. The molecule has 0 amide bonds. The van der Waals surface area contributed by atoms with Crippen LogP contribution in [0.25, 0.3) is 0 Å². The second kappa shape index (κ2) is 4.37. The van der Waals surface area contributed by atoms with Gasteiger partial charge in [0.25, 0.3) is 0 Å².